The van der Waals surface area contributed by atoms with E-state index in [1.165, 1.54) is 6.07 Å². The van der Waals surface area contributed by atoms with Crippen LogP contribution in [0.15, 0.2) is 23.0 Å². The molecule has 0 spiro atoms. The number of benzene rings is 1. The van der Waals surface area contributed by atoms with Crippen molar-refractivity contribution in [3.63, 3.8) is 0 Å². The number of carbonyl (C=O) groups is 1. The Morgan fingerprint density at radius 1 is 1.33 bits per heavy atom. The highest BCUT2D eigenvalue weighted by Crippen LogP contribution is 2.15. The average molecular weight is 291 g/mol. The fourth-order valence-electron chi connectivity index (χ4n) is 2.57. The van der Waals surface area contributed by atoms with Crippen LogP contribution in [0, 0.1) is 0 Å². The molecule has 0 fully saturated rings. The minimum absolute atomic E-state index is 0.129. The van der Waals surface area contributed by atoms with Gasteiger partial charge in [-0.05, 0) is 31.6 Å². The summed E-state index contributed by atoms with van der Waals surface area (Å²) >= 11 is 0. The van der Waals surface area contributed by atoms with Crippen molar-refractivity contribution in [2.24, 2.45) is 0 Å². The van der Waals surface area contributed by atoms with E-state index in [1.54, 1.807) is 16.7 Å². The Hall–Kier alpha value is -2.08. The molecular weight excluding hydrogens is 270 g/mol. The van der Waals surface area contributed by atoms with Crippen LogP contribution < -0.4 is 5.69 Å². The summed E-state index contributed by atoms with van der Waals surface area (Å²) in [5.74, 6) is -1.03. The maximum Gasteiger partial charge on any atom is 0.337 e. The summed E-state index contributed by atoms with van der Waals surface area (Å²) in [6, 6.07) is 4.94. The van der Waals surface area contributed by atoms with Gasteiger partial charge in [-0.15, -0.1) is 0 Å². The van der Waals surface area contributed by atoms with Crippen molar-refractivity contribution in [1.82, 2.24) is 14.5 Å². The summed E-state index contributed by atoms with van der Waals surface area (Å²) in [7, 11) is 0. The summed E-state index contributed by atoms with van der Waals surface area (Å²) in [6.07, 6.45) is 1.07. The summed E-state index contributed by atoms with van der Waals surface area (Å²) in [5.41, 5.74) is 0.913. The van der Waals surface area contributed by atoms with Crippen molar-refractivity contribution in [1.29, 1.82) is 0 Å². The molecule has 1 heterocycles. The molecular formula is C15H21N3O3. The van der Waals surface area contributed by atoms with Gasteiger partial charge in [-0.1, -0.05) is 19.9 Å². The standard InChI is InChI=1S/C15H21N3O3/c1-3-8-17(4-2)9-10-18-12-7-5-6-11(14(19)20)13(12)16-15(18)21/h5-7H,3-4,8-10H2,1-2H3,(H,16,21)(H,19,20). The first-order valence-electron chi connectivity index (χ1n) is 7.25. The monoisotopic (exact) mass is 291 g/mol. The molecule has 0 saturated heterocycles. The number of nitrogens with one attached hydrogen (secondary N) is 1. The molecule has 0 atom stereocenters. The molecule has 6 nitrogen and oxygen atoms in total. The third-order valence-electron chi connectivity index (χ3n) is 3.67. The zero-order valence-corrected chi connectivity index (χ0v) is 12.4. The number of carboxylic acid groups (broad SMARTS) is 1. The summed E-state index contributed by atoms with van der Waals surface area (Å²) < 4.78 is 1.61. The molecule has 0 aliphatic carbocycles. The molecule has 1 aromatic carbocycles. The number of rotatable bonds is 7. The summed E-state index contributed by atoms with van der Waals surface area (Å²) in [5, 5.41) is 9.17. The van der Waals surface area contributed by atoms with E-state index >= 15 is 0 Å². The topological polar surface area (TPSA) is 78.3 Å². The van der Waals surface area contributed by atoms with Gasteiger partial charge in [-0.3, -0.25) is 4.57 Å². The molecule has 0 bridgehead atoms. The predicted octanol–water partition coefficient (Wildman–Crippen LogP) is 1.76. The Morgan fingerprint density at radius 3 is 2.71 bits per heavy atom. The molecule has 0 radical (unpaired) electrons. The molecule has 2 aromatic rings. The predicted molar refractivity (Wildman–Crippen MR) is 81.9 cm³/mol. The van der Waals surface area contributed by atoms with Crippen molar-refractivity contribution in [2.75, 3.05) is 19.6 Å². The van der Waals surface area contributed by atoms with Crippen molar-refractivity contribution in [3.05, 3.63) is 34.2 Å². The van der Waals surface area contributed by atoms with E-state index in [1.807, 2.05) is 0 Å². The first-order valence-corrected chi connectivity index (χ1v) is 7.25. The number of fused-ring (bicyclic) bond motifs is 1. The van der Waals surface area contributed by atoms with Crippen molar-refractivity contribution in [2.45, 2.75) is 26.8 Å². The van der Waals surface area contributed by atoms with E-state index in [0.717, 1.165) is 26.1 Å². The highest BCUT2D eigenvalue weighted by atomic mass is 16.4. The van der Waals surface area contributed by atoms with Crippen LogP contribution in [0.5, 0.6) is 0 Å². The van der Waals surface area contributed by atoms with Gasteiger partial charge in [0.1, 0.15) is 0 Å². The Morgan fingerprint density at radius 2 is 2.10 bits per heavy atom. The molecule has 2 rings (SSSR count). The lowest BCUT2D eigenvalue weighted by atomic mass is 10.2. The smallest absolute Gasteiger partial charge is 0.337 e. The fraction of sp³-hybridized carbons (Fsp3) is 0.467. The van der Waals surface area contributed by atoms with Gasteiger partial charge in [0, 0.05) is 13.1 Å². The largest absolute Gasteiger partial charge is 0.478 e. The first kappa shape index (κ1) is 15.3. The molecule has 6 heteroatoms. The van der Waals surface area contributed by atoms with E-state index in [9.17, 15) is 9.59 Å². The maximum atomic E-state index is 12.1. The Labute approximate surface area is 123 Å². The van der Waals surface area contributed by atoms with Gasteiger partial charge in [0.2, 0.25) is 0 Å². The van der Waals surface area contributed by atoms with E-state index < -0.39 is 5.97 Å². The number of hydrogen-bond donors (Lipinski definition) is 2. The summed E-state index contributed by atoms with van der Waals surface area (Å²) in [6.45, 7) is 7.47. The van der Waals surface area contributed by atoms with Crippen LogP contribution in [0.4, 0.5) is 0 Å². The third kappa shape index (κ3) is 3.16. The second-order valence-electron chi connectivity index (χ2n) is 5.02. The number of carboxylic acids is 1. The van der Waals surface area contributed by atoms with E-state index in [-0.39, 0.29) is 11.3 Å². The van der Waals surface area contributed by atoms with Gasteiger partial charge in [0.25, 0.3) is 0 Å². The zero-order chi connectivity index (χ0) is 15.4. The molecule has 21 heavy (non-hydrogen) atoms. The number of aromatic nitrogens is 2. The number of para-hydroxylation sites is 1. The highest BCUT2D eigenvalue weighted by molar-refractivity contribution is 6.00. The number of hydrogen-bond acceptors (Lipinski definition) is 3. The van der Waals surface area contributed by atoms with E-state index in [4.69, 9.17) is 5.11 Å². The van der Waals surface area contributed by atoms with Gasteiger partial charge >= 0.3 is 11.7 Å². The van der Waals surface area contributed by atoms with Gasteiger partial charge in [0.05, 0.1) is 16.6 Å². The minimum Gasteiger partial charge on any atom is -0.478 e. The number of H-pyrrole nitrogens is 1. The van der Waals surface area contributed by atoms with Crippen molar-refractivity contribution in [3.8, 4) is 0 Å². The molecule has 0 unspecified atom stereocenters. The highest BCUT2D eigenvalue weighted by Gasteiger charge is 2.14. The number of nitrogens with zero attached hydrogens (tertiary/aromatic N) is 2. The van der Waals surface area contributed by atoms with Gasteiger partial charge < -0.3 is 15.0 Å². The lowest BCUT2D eigenvalue weighted by Crippen LogP contribution is -2.30. The molecule has 2 N–H and O–H groups in total. The molecule has 0 saturated carbocycles. The number of aromatic carboxylic acids is 1. The maximum absolute atomic E-state index is 12.1. The molecule has 1 aromatic heterocycles. The first-order chi connectivity index (χ1) is 10.1. The average Bonchev–Trinajstić information content (AvgIpc) is 2.78. The molecule has 0 amide bonds. The normalized spacial score (nSPS) is 11.4. The quantitative estimate of drug-likeness (QED) is 0.815. The number of likely N-dealkylation sites (N-methyl/N-ethyl adjacent to an activating group) is 1. The van der Waals surface area contributed by atoms with Gasteiger partial charge in [-0.25, -0.2) is 9.59 Å². The van der Waals surface area contributed by atoms with E-state index in [0.29, 0.717) is 17.6 Å². The third-order valence-corrected chi connectivity index (χ3v) is 3.67. The number of imidazole rings is 1. The molecule has 114 valence electrons. The van der Waals surface area contributed by atoms with Crippen LogP contribution in [0.1, 0.15) is 30.6 Å². The lowest BCUT2D eigenvalue weighted by Gasteiger charge is -2.19. The SMILES string of the molecule is CCCN(CC)CCn1c(=O)[nH]c2c(C(=O)O)cccc21. The van der Waals surface area contributed by atoms with Crippen LogP contribution in [0.25, 0.3) is 11.0 Å². The minimum atomic E-state index is -1.03. The van der Waals surface area contributed by atoms with E-state index in [2.05, 4.69) is 23.7 Å². The number of aromatic amines is 1. The fourth-order valence-corrected chi connectivity index (χ4v) is 2.57. The van der Waals surface area contributed by atoms with Crippen LogP contribution in [0.3, 0.4) is 0 Å². The Kier molecular flexibility index (Phi) is 4.80. The van der Waals surface area contributed by atoms with Gasteiger partial charge in [-0.2, -0.15) is 0 Å². The lowest BCUT2D eigenvalue weighted by molar-refractivity contribution is 0.0699. The van der Waals surface area contributed by atoms with Crippen molar-refractivity contribution < 1.29 is 9.90 Å². The second kappa shape index (κ2) is 6.58. The Bertz CT molecular complexity index is 687. The molecule has 0 aliphatic heterocycles. The van der Waals surface area contributed by atoms with Crippen LogP contribution in [-0.4, -0.2) is 45.2 Å². The zero-order valence-electron chi connectivity index (χ0n) is 12.4. The molecule has 0 aliphatic rings. The Balaban J connectivity index is 2.32. The van der Waals surface area contributed by atoms with Crippen LogP contribution >= 0.6 is 0 Å². The van der Waals surface area contributed by atoms with Crippen LogP contribution in [0.2, 0.25) is 0 Å². The van der Waals surface area contributed by atoms with Crippen LogP contribution in [-0.2, 0) is 6.54 Å². The second-order valence-corrected chi connectivity index (χ2v) is 5.02. The summed E-state index contributed by atoms with van der Waals surface area (Å²) in [4.78, 5) is 28.2. The van der Waals surface area contributed by atoms with Crippen molar-refractivity contribution >= 4 is 17.0 Å². The van der Waals surface area contributed by atoms with Gasteiger partial charge in [0.15, 0.2) is 0 Å².